The molecule has 192 valence electrons. The highest BCUT2D eigenvalue weighted by atomic mass is 19.4. The molecule has 5 rings (SSSR count). The van der Waals surface area contributed by atoms with Gasteiger partial charge >= 0.3 is 12.2 Å². The summed E-state index contributed by atoms with van der Waals surface area (Å²) in [6, 6.07) is 13.2. The van der Waals surface area contributed by atoms with E-state index in [-0.39, 0.29) is 23.8 Å². The molecule has 2 aliphatic rings. The molecule has 2 unspecified atom stereocenters. The number of urea groups is 1. The normalized spacial score (nSPS) is 21.0. The van der Waals surface area contributed by atoms with Gasteiger partial charge in [-0.05, 0) is 55.2 Å². The van der Waals surface area contributed by atoms with Gasteiger partial charge in [-0.2, -0.15) is 23.5 Å². The van der Waals surface area contributed by atoms with Gasteiger partial charge in [0.2, 0.25) is 0 Å². The Hall–Kier alpha value is -3.87. The summed E-state index contributed by atoms with van der Waals surface area (Å²) in [5.74, 6) is -0.228. The summed E-state index contributed by atoms with van der Waals surface area (Å²) in [5.41, 5.74) is 2.65. The summed E-state index contributed by atoms with van der Waals surface area (Å²) in [7, 11) is 0. The van der Waals surface area contributed by atoms with Crippen LogP contribution >= 0.6 is 0 Å². The SMILES string of the molecule is N#CC1CCN(C(=O)N2CC(c3ccc(C(F)(F)F)cc3)CC(c3cc(-c4ccncc4)n[nH]3)C2)CC1. The zero-order valence-corrected chi connectivity index (χ0v) is 20.2. The van der Waals surface area contributed by atoms with Crippen LogP contribution < -0.4 is 0 Å². The van der Waals surface area contributed by atoms with Crippen molar-refractivity contribution in [1.82, 2.24) is 25.0 Å². The fourth-order valence-electron chi connectivity index (χ4n) is 5.28. The number of pyridine rings is 1. The number of aromatic nitrogens is 3. The number of amides is 2. The van der Waals surface area contributed by atoms with Crippen molar-refractivity contribution in [2.45, 2.75) is 37.3 Å². The summed E-state index contributed by atoms with van der Waals surface area (Å²) in [5, 5.41) is 16.8. The Morgan fingerprint density at radius 2 is 1.68 bits per heavy atom. The van der Waals surface area contributed by atoms with Crippen molar-refractivity contribution in [3.05, 3.63) is 71.7 Å². The fraction of sp³-hybridized carbons (Fsp3) is 0.407. The zero-order valence-electron chi connectivity index (χ0n) is 20.2. The molecule has 0 radical (unpaired) electrons. The van der Waals surface area contributed by atoms with Crippen LogP contribution in [0.5, 0.6) is 0 Å². The van der Waals surface area contributed by atoms with Gasteiger partial charge in [0.1, 0.15) is 0 Å². The number of H-pyrrole nitrogens is 1. The second-order valence-corrected chi connectivity index (χ2v) is 9.77. The van der Waals surface area contributed by atoms with E-state index >= 15 is 0 Å². The van der Waals surface area contributed by atoms with Crippen LogP contribution in [-0.4, -0.2) is 57.2 Å². The molecule has 3 aromatic rings. The Kier molecular flexibility index (Phi) is 6.87. The van der Waals surface area contributed by atoms with E-state index in [1.807, 2.05) is 18.2 Å². The van der Waals surface area contributed by atoms with Gasteiger partial charge in [-0.1, -0.05) is 12.1 Å². The number of hydrogen-bond donors (Lipinski definition) is 1. The lowest BCUT2D eigenvalue weighted by molar-refractivity contribution is -0.137. The van der Waals surface area contributed by atoms with E-state index in [0.717, 1.165) is 34.6 Å². The largest absolute Gasteiger partial charge is 0.416 e. The second-order valence-electron chi connectivity index (χ2n) is 9.77. The molecule has 2 aromatic heterocycles. The number of halogens is 3. The number of aromatic amines is 1. The molecule has 1 N–H and O–H groups in total. The van der Waals surface area contributed by atoms with E-state index < -0.39 is 11.7 Å². The molecule has 0 saturated carbocycles. The van der Waals surface area contributed by atoms with Crippen LogP contribution in [0.1, 0.15) is 47.9 Å². The van der Waals surface area contributed by atoms with Crippen molar-refractivity contribution >= 4 is 6.03 Å². The topological polar surface area (TPSA) is 88.9 Å². The van der Waals surface area contributed by atoms with Crippen LogP contribution in [0.3, 0.4) is 0 Å². The molecule has 7 nitrogen and oxygen atoms in total. The number of carbonyl (C=O) groups is 1. The Bertz CT molecular complexity index is 1260. The van der Waals surface area contributed by atoms with E-state index in [4.69, 9.17) is 0 Å². The number of nitrogens with one attached hydrogen (secondary N) is 1. The fourth-order valence-corrected chi connectivity index (χ4v) is 5.28. The number of piperidine rings is 2. The van der Waals surface area contributed by atoms with Crippen molar-refractivity contribution in [1.29, 1.82) is 5.26 Å². The molecule has 4 heterocycles. The van der Waals surface area contributed by atoms with Gasteiger partial charge in [-0.25, -0.2) is 4.79 Å². The monoisotopic (exact) mass is 508 g/mol. The van der Waals surface area contributed by atoms with Crippen LogP contribution in [0, 0.1) is 17.2 Å². The highest BCUT2D eigenvalue weighted by Gasteiger charge is 2.36. The van der Waals surface area contributed by atoms with Crippen molar-refractivity contribution in [2.75, 3.05) is 26.2 Å². The van der Waals surface area contributed by atoms with Gasteiger partial charge in [0.05, 0.1) is 17.3 Å². The summed E-state index contributed by atoms with van der Waals surface area (Å²) >= 11 is 0. The van der Waals surface area contributed by atoms with E-state index in [1.54, 1.807) is 22.2 Å². The lowest BCUT2D eigenvalue weighted by Gasteiger charge is -2.41. The number of hydrogen-bond acceptors (Lipinski definition) is 4. The van der Waals surface area contributed by atoms with Gasteiger partial charge in [-0.15, -0.1) is 0 Å². The molecule has 2 saturated heterocycles. The molecule has 10 heteroatoms. The molecule has 1 aromatic carbocycles. The van der Waals surface area contributed by atoms with E-state index in [0.29, 0.717) is 45.4 Å². The lowest BCUT2D eigenvalue weighted by atomic mass is 9.82. The maximum atomic E-state index is 13.5. The first-order chi connectivity index (χ1) is 17.8. The Morgan fingerprint density at radius 1 is 1.00 bits per heavy atom. The van der Waals surface area contributed by atoms with Crippen LogP contribution in [0.15, 0.2) is 54.9 Å². The number of nitrogens with zero attached hydrogens (tertiary/aromatic N) is 5. The van der Waals surface area contributed by atoms with Crippen LogP contribution in [0.25, 0.3) is 11.3 Å². The highest BCUT2D eigenvalue weighted by molar-refractivity contribution is 5.75. The molecular weight excluding hydrogens is 481 g/mol. The van der Waals surface area contributed by atoms with Crippen LogP contribution in [0.4, 0.5) is 18.0 Å². The first-order valence-corrected chi connectivity index (χ1v) is 12.4. The molecule has 2 aliphatic heterocycles. The smallest absolute Gasteiger partial charge is 0.325 e. The van der Waals surface area contributed by atoms with E-state index in [2.05, 4.69) is 21.3 Å². The Morgan fingerprint density at radius 3 is 2.32 bits per heavy atom. The molecule has 2 atom stereocenters. The van der Waals surface area contributed by atoms with Crippen LogP contribution in [0.2, 0.25) is 0 Å². The summed E-state index contributed by atoms with van der Waals surface area (Å²) in [6.07, 6.45) is 0.963. The summed E-state index contributed by atoms with van der Waals surface area (Å²) in [6.45, 7) is 1.95. The van der Waals surface area contributed by atoms with Gasteiger partial charge in [0.25, 0.3) is 0 Å². The summed E-state index contributed by atoms with van der Waals surface area (Å²) < 4.78 is 39.4. The Balaban J connectivity index is 1.40. The third kappa shape index (κ3) is 5.45. The first-order valence-electron chi connectivity index (χ1n) is 12.4. The minimum absolute atomic E-state index is 0.0327. The molecule has 0 spiro atoms. The average molecular weight is 509 g/mol. The quantitative estimate of drug-likeness (QED) is 0.512. The van der Waals surface area contributed by atoms with Crippen molar-refractivity contribution in [3.63, 3.8) is 0 Å². The van der Waals surface area contributed by atoms with Gasteiger partial charge in [-0.3, -0.25) is 10.1 Å². The number of likely N-dealkylation sites (tertiary alicyclic amines) is 2. The maximum absolute atomic E-state index is 13.5. The first kappa shape index (κ1) is 24.8. The minimum Gasteiger partial charge on any atom is -0.325 e. The number of benzene rings is 1. The van der Waals surface area contributed by atoms with Crippen LogP contribution in [-0.2, 0) is 6.18 Å². The second kappa shape index (κ2) is 10.2. The standard InChI is InChI=1S/C27H27F3N6O/c28-27(29,30)23-3-1-19(2-4-23)21-13-22(25-14-24(33-34-25)20-5-9-32-10-6-20)17-36(16-21)26(37)35-11-7-18(15-31)8-12-35/h1-6,9-10,14,18,21-22H,7-8,11-13,16-17H2,(H,33,34). The van der Waals surface area contributed by atoms with Gasteiger partial charge < -0.3 is 9.80 Å². The number of alkyl halides is 3. The van der Waals surface area contributed by atoms with Gasteiger partial charge in [0.15, 0.2) is 0 Å². The predicted octanol–water partition coefficient (Wildman–Crippen LogP) is 5.42. The molecule has 37 heavy (non-hydrogen) atoms. The third-order valence-electron chi connectivity index (χ3n) is 7.39. The van der Waals surface area contributed by atoms with E-state index in [1.165, 1.54) is 12.1 Å². The number of carbonyl (C=O) groups excluding carboxylic acids is 1. The lowest BCUT2D eigenvalue weighted by Crippen LogP contribution is -2.51. The Labute approximate surface area is 212 Å². The minimum atomic E-state index is -4.40. The molecular formula is C27H27F3N6O. The van der Waals surface area contributed by atoms with Crippen molar-refractivity contribution in [2.24, 2.45) is 5.92 Å². The molecule has 2 amide bonds. The zero-order chi connectivity index (χ0) is 26.0. The summed E-state index contributed by atoms with van der Waals surface area (Å²) in [4.78, 5) is 21.1. The predicted molar refractivity (Wildman–Crippen MR) is 130 cm³/mol. The third-order valence-corrected chi connectivity index (χ3v) is 7.39. The average Bonchev–Trinajstić information content (AvgIpc) is 3.43. The molecule has 2 fully saturated rings. The van der Waals surface area contributed by atoms with Crippen molar-refractivity contribution < 1.29 is 18.0 Å². The number of rotatable bonds is 3. The van der Waals surface area contributed by atoms with Crippen molar-refractivity contribution in [3.8, 4) is 17.3 Å². The molecule has 0 bridgehead atoms. The maximum Gasteiger partial charge on any atom is 0.416 e. The van der Waals surface area contributed by atoms with Gasteiger partial charge in [0, 0.05) is 67.6 Å². The van der Waals surface area contributed by atoms with E-state index in [9.17, 15) is 23.2 Å². The highest BCUT2D eigenvalue weighted by Crippen LogP contribution is 2.38. The number of nitriles is 1. The molecule has 0 aliphatic carbocycles.